The first-order chi connectivity index (χ1) is 59.9. The van der Waals surface area contributed by atoms with E-state index in [1.807, 2.05) is 84.3 Å². The first-order valence-corrected chi connectivity index (χ1v) is 44.9. The molecule has 0 radical (unpaired) electrons. The second-order valence-corrected chi connectivity index (χ2v) is 36.5. The molecule has 40 heteroatoms. The minimum absolute atomic E-state index is 0.0223. The first-order valence-electron chi connectivity index (χ1n) is 39.8. The van der Waals surface area contributed by atoms with Crippen molar-refractivity contribution in [3.05, 3.63) is 205 Å². The number of nitrogen functional groups attached to an aromatic ring is 1. The lowest BCUT2D eigenvalue weighted by atomic mass is 9.95. The predicted octanol–water partition coefficient (Wildman–Crippen LogP) is 13.9. The van der Waals surface area contributed by atoms with Gasteiger partial charge in [-0.15, -0.1) is 5.10 Å². The van der Waals surface area contributed by atoms with E-state index >= 15 is 13.3 Å². The van der Waals surface area contributed by atoms with Gasteiger partial charge in [-0.2, -0.15) is 0 Å². The van der Waals surface area contributed by atoms with Crippen LogP contribution < -0.4 is 30.2 Å². The number of nitrogens with two attached hydrogens (primary N) is 1. The summed E-state index contributed by atoms with van der Waals surface area (Å²) in [5.74, 6) is 0.285. The van der Waals surface area contributed by atoms with E-state index in [9.17, 15) is 28.8 Å². The van der Waals surface area contributed by atoms with Crippen molar-refractivity contribution in [2.45, 2.75) is 147 Å². The number of aryl methyl sites for hydroxylation is 1. The third-order valence-electron chi connectivity index (χ3n) is 21.1. The molecule has 35 nitrogen and oxygen atoms in total. The number of amides is 2. The van der Waals surface area contributed by atoms with Crippen molar-refractivity contribution in [1.82, 2.24) is 68.6 Å². The molecule has 0 aliphatic carbocycles. The number of imidazole rings is 3. The van der Waals surface area contributed by atoms with Crippen LogP contribution in [-0.2, 0) is 94.4 Å². The zero-order chi connectivity index (χ0) is 86.1. The number of pyridine rings is 1. The van der Waals surface area contributed by atoms with Crippen LogP contribution >= 0.6 is 25.8 Å². The fourth-order valence-corrected chi connectivity index (χ4v) is 19.7. The standard InChI is InChI=1S/C84H83F2N17O18P2S/c1-6-111-41-63-95-70-72(100(63)43-84(3,4)108)57-17-9-11-19-59(57)94-77(70)96-83(107)113-38-49-23-29-54(30-24-49)116-65(105)22-14-13-21-64(104)99-37-52-15-7-8-16-56(52)73-69(58-18-10-12-20-60(58)99)97-98-103(73)35-36-112-53-33-27-51(28-34-53)82(106)117-55-31-25-50(26-32-55)42-124-123(110)115-40-62-74(66(85)80(119-62)102-47-93-71-76(87)89-45-91-79(71)102)120-122(5,109)114-39-61-75(121-123)67(86)81(118-61)101-46-92-68-48(2)88-44-90-78(68)101/h7-12,15-20,23-34,44-47,61-62,66-67,74-75,80-81,108H,6,13-14,21-22,35-43H2,1-5H3,(H2,87,89,91)(H,94,96,107)/t61-,62-,66-,67-,74-,75-,80-,81-,122+,123+/m1/s1. The molecular formula is C84H83F2N17O18P2S. The number of anilines is 3. The topological polar surface area (TPSA) is 414 Å². The SMILES string of the molecule is CCOCc1nc2c(NC(=O)OCc3ccc(OC(=O)CCCCC(=O)N4Cc5ccccc5-c5c(nnn5CCOc5ccc(C(=O)Oc6ccc(CS[P@@]7(=O)OC[C@H]8O[C@@H](n9cnc%10c(N)ncnc%109)[C@H](F)[C@@H]8O[P@@](C)(=O)OC[C@H]8O[C@@H](n9cnc%10c(C)ncnc%109)[C@H](F)[C@@H]8O7)cc6)cc5)-c5ccccc54)cc3)nc3ccccc3c2n1CC(C)(C)O. The number of hydrogen-bond acceptors (Lipinski definition) is 30. The number of unbranched alkanes of at least 4 members (excludes halogenated alkanes) is 1. The van der Waals surface area contributed by atoms with E-state index in [1.165, 1.54) is 46.6 Å². The van der Waals surface area contributed by atoms with Crippen molar-refractivity contribution in [3.63, 3.8) is 0 Å². The lowest BCUT2D eigenvalue weighted by Crippen LogP contribution is -2.37. The molecule has 3 fully saturated rings. The summed E-state index contributed by atoms with van der Waals surface area (Å²) in [5, 5.41) is 23.7. The number of ether oxygens (including phenoxy) is 7. The molecule has 4 aliphatic heterocycles. The van der Waals surface area contributed by atoms with Gasteiger partial charge < -0.3 is 58.0 Å². The molecule has 11 heterocycles. The van der Waals surface area contributed by atoms with E-state index in [1.54, 1.807) is 91.0 Å². The molecule has 13 aromatic rings. The Morgan fingerprint density at radius 2 is 1.35 bits per heavy atom. The Morgan fingerprint density at radius 3 is 2.09 bits per heavy atom. The number of aliphatic hydroxyl groups is 1. The van der Waals surface area contributed by atoms with Crippen molar-refractivity contribution in [2.24, 2.45) is 0 Å². The third-order valence-corrected chi connectivity index (χ3v) is 26.0. The molecule has 2 amide bonds. The highest BCUT2D eigenvalue weighted by atomic mass is 32.7. The molecule has 642 valence electrons. The lowest BCUT2D eigenvalue weighted by Gasteiger charge is -2.29. The molecule has 4 N–H and O–H groups in total. The highest BCUT2D eigenvalue weighted by Crippen LogP contribution is 2.65. The van der Waals surface area contributed by atoms with Gasteiger partial charge in [0.1, 0.15) is 102 Å². The Bertz CT molecular complexity index is 6280. The van der Waals surface area contributed by atoms with Crippen molar-refractivity contribution >= 4 is 111 Å². The van der Waals surface area contributed by atoms with Crippen LogP contribution in [0.3, 0.4) is 0 Å². The number of alkyl halides is 2. The average molecular weight is 1750 g/mol. The molecule has 3 saturated heterocycles. The van der Waals surface area contributed by atoms with Crippen molar-refractivity contribution in [1.29, 1.82) is 0 Å². The van der Waals surface area contributed by atoms with Gasteiger partial charge in [0.05, 0.1) is 84.8 Å². The quantitative estimate of drug-likeness (QED) is 0.0207. The highest BCUT2D eigenvalue weighted by molar-refractivity contribution is 8.54. The smallest absolute Gasteiger partial charge is 0.413 e. The second kappa shape index (κ2) is 35.7. The number of para-hydroxylation sites is 2. The van der Waals surface area contributed by atoms with E-state index in [-0.39, 0.29) is 104 Å². The molecule has 10 atom stereocenters. The number of hydrogen-bond donors (Lipinski definition) is 3. The number of nitrogens with one attached hydrogen (secondary N) is 1. The van der Waals surface area contributed by atoms with Crippen LogP contribution in [0, 0.1) is 6.92 Å². The van der Waals surface area contributed by atoms with Crippen LogP contribution in [0.5, 0.6) is 17.2 Å². The summed E-state index contributed by atoms with van der Waals surface area (Å²) in [7, 11) is -4.25. The van der Waals surface area contributed by atoms with Gasteiger partial charge in [0, 0.05) is 48.4 Å². The number of esters is 2. The summed E-state index contributed by atoms with van der Waals surface area (Å²) in [6.07, 6.45) is -8.15. The molecule has 7 aromatic heterocycles. The van der Waals surface area contributed by atoms with Gasteiger partial charge in [0.2, 0.25) is 5.91 Å². The van der Waals surface area contributed by atoms with Crippen LogP contribution in [0.25, 0.3) is 66.8 Å². The zero-order valence-corrected chi connectivity index (χ0v) is 70.0. The maximum absolute atomic E-state index is 17.2. The lowest BCUT2D eigenvalue weighted by molar-refractivity contribution is -0.134. The third kappa shape index (κ3) is 18.1. The van der Waals surface area contributed by atoms with E-state index in [0.29, 0.717) is 104 Å². The number of fused-ring (bicyclic) bond motifs is 12. The van der Waals surface area contributed by atoms with E-state index in [0.717, 1.165) is 28.9 Å². The molecule has 0 saturated carbocycles. The Morgan fingerprint density at radius 1 is 0.702 bits per heavy atom. The van der Waals surface area contributed by atoms with Crippen molar-refractivity contribution < 1.29 is 93.4 Å². The predicted molar refractivity (Wildman–Crippen MR) is 448 cm³/mol. The number of benzene rings is 6. The number of carbonyl (C=O) groups is 4. The van der Waals surface area contributed by atoms with Crippen molar-refractivity contribution in [3.8, 4) is 39.8 Å². The number of halogens is 2. The molecule has 17 rings (SSSR count). The molecule has 4 aliphatic rings. The van der Waals surface area contributed by atoms with E-state index < -0.39 is 100 Å². The Kier molecular flexibility index (Phi) is 24.3. The monoisotopic (exact) mass is 1750 g/mol. The Balaban J connectivity index is 0.492. The minimum Gasteiger partial charge on any atom is -0.492 e. The van der Waals surface area contributed by atoms with Crippen LogP contribution in [0.15, 0.2) is 171 Å². The normalized spacial score (nSPS) is 21.5. The molecule has 6 aromatic carbocycles. The molecule has 0 spiro atoms. The average Bonchev–Trinajstić information content (AvgIpc) is 1.59. The molecular weight excluding hydrogens is 1670 g/mol. The summed E-state index contributed by atoms with van der Waals surface area (Å²) >= 11 is 0.683. The number of aromatic nitrogens is 14. The van der Waals surface area contributed by atoms with E-state index in [4.69, 9.17) is 72.1 Å². The van der Waals surface area contributed by atoms with Crippen LogP contribution in [-0.4, -0.2) is 173 Å². The fourth-order valence-electron chi connectivity index (χ4n) is 15.2. The van der Waals surface area contributed by atoms with Gasteiger partial charge in [0.15, 0.2) is 47.7 Å². The van der Waals surface area contributed by atoms with Gasteiger partial charge in [-0.05, 0) is 129 Å². The summed E-state index contributed by atoms with van der Waals surface area (Å²) in [5.41, 5.74) is 13.7. The second-order valence-electron chi connectivity index (χ2n) is 30.4. The fraction of sp³-hybridized carbons (Fsp3) is 0.333. The maximum atomic E-state index is 17.2. The summed E-state index contributed by atoms with van der Waals surface area (Å²) in [4.78, 5) is 91.1. The maximum Gasteiger partial charge on any atom is 0.413 e. The zero-order valence-electron chi connectivity index (χ0n) is 67.4. The minimum atomic E-state index is -4.61. The summed E-state index contributed by atoms with van der Waals surface area (Å²) in [6.45, 7) is 3.54. The molecule has 0 bridgehead atoms. The van der Waals surface area contributed by atoms with Crippen LogP contribution in [0.2, 0.25) is 0 Å². The number of carbonyl (C=O) groups excluding carboxylic acids is 4. The van der Waals surface area contributed by atoms with Gasteiger partial charge >= 0.3 is 32.4 Å². The Labute approximate surface area is 710 Å². The van der Waals surface area contributed by atoms with Crippen LogP contribution in [0.4, 0.5) is 30.9 Å². The molecule has 0 unspecified atom stereocenters. The summed E-state index contributed by atoms with van der Waals surface area (Å²) < 4.78 is 135. The van der Waals surface area contributed by atoms with Gasteiger partial charge in [-0.3, -0.25) is 42.2 Å². The summed E-state index contributed by atoms with van der Waals surface area (Å²) in [6, 6.07) is 42.0. The number of rotatable bonds is 25. The highest BCUT2D eigenvalue weighted by Gasteiger charge is 2.55. The van der Waals surface area contributed by atoms with Crippen LogP contribution in [0.1, 0.15) is 97.5 Å². The Hall–Kier alpha value is -11.9. The largest absolute Gasteiger partial charge is 0.492 e. The molecule has 124 heavy (non-hydrogen) atoms. The van der Waals surface area contributed by atoms with E-state index in [2.05, 4.69) is 40.4 Å². The number of nitrogens with zero attached hydrogens (tertiary/aromatic N) is 15. The van der Waals surface area contributed by atoms with Gasteiger partial charge in [-0.25, -0.2) is 67.5 Å². The first kappa shape index (κ1) is 84.3. The van der Waals surface area contributed by atoms with Crippen molar-refractivity contribution in [2.75, 3.05) is 49.0 Å². The van der Waals surface area contributed by atoms with Gasteiger partial charge in [-0.1, -0.05) is 90.1 Å². The van der Waals surface area contributed by atoms with Gasteiger partial charge in [0.25, 0.3) is 0 Å².